The third kappa shape index (κ3) is 4.87. The van der Waals surface area contributed by atoms with Gasteiger partial charge in [-0.2, -0.15) is 0 Å². The first-order valence-corrected chi connectivity index (χ1v) is 5.68. The highest BCUT2D eigenvalue weighted by molar-refractivity contribution is 5.93. The van der Waals surface area contributed by atoms with Gasteiger partial charge in [0.2, 0.25) is 0 Å². The van der Waals surface area contributed by atoms with Crippen LogP contribution in [0, 0.1) is 11.8 Å². The lowest BCUT2D eigenvalue weighted by Crippen LogP contribution is -2.40. The molecule has 1 amide bonds. The number of rotatable bonds is 4. The Morgan fingerprint density at radius 3 is 2.59 bits per heavy atom. The van der Waals surface area contributed by atoms with E-state index in [4.69, 9.17) is 9.84 Å². The number of ether oxygens (including phenoxy) is 1. The fraction of sp³-hybridized carbons (Fsp3) is 0.667. The molecule has 1 fully saturated rings. The van der Waals surface area contributed by atoms with E-state index in [9.17, 15) is 9.59 Å². The second-order valence-corrected chi connectivity index (χ2v) is 3.88. The standard InChI is InChI=1S/C12H17NO4/c1-2-3-11(14)13-7-4-10(5-8-13)17-9-6-12(15)16/h10H,4-9H2,1H3,(H,15,16). The molecule has 0 spiro atoms. The molecular formula is C12H17NO4. The fourth-order valence-electron chi connectivity index (χ4n) is 1.72. The molecular weight excluding hydrogens is 222 g/mol. The second kappa shape index (κ2) is 6.92. The van der Waals surface area contributed by atoms with Gasteiger partial charge in [0.05, 0.1) is 19.1 Å². The van der Waals surface area contributed by atoms with Crippen LogP contribution in [0.2, 0.25) is 0 Å². The predicted molar refractivity (Wildman–Crippen MR) is 61.3 cm³/mol. The summed E-state index contributed by atoms with van der Waals surface area (Å²) < 4.78 is 5.43. The molecule has 1 N–H and O–H groups in total. The first kappa shape index (κ1) is 13.5. The van der Waals surface area contributed by atoms with Crippen LogP contribution in [0.1, 0.15) is 26.2 Å². The highest BCUT2D eigenvalue weighted by Gasteiger charge is 2.22. The molecule has 1 heterocycles. The lowest BCUT2D eigenvalue weighted by Gasteiger charge is -2.30. The van der Waals surface area contributed by atoms with Gasteiger partial charge in [-0.25, -0.2) is 0 Å². The Morgan fingerprint density at radius 1 is 1.41 bits per heavy atom. The monoisotopic (exact) mass is 239 g/mol. The topological polar surface area (TPSA) is 66.8 Å². The average Bonchev–Trinajstić information content (AvgIpc) is 2.30. The molecule has 0 aromatic carbocycles. The number of piperidine rings is 1. The van der Waals surface area contributed by atoms with E-state index in [0.29, 0.717) is 13.1 Å². The second-order valence-electron chi connectivity index (χ2n) is 3.88. The van der Waals surface area contributed by atoms with Gasteiger partial charge in [0.15, 0.2) is 0 Å². The number of hydrogen-bond donors (Lipinski definition) is 1. The van der Waals surface area contributed by atoms with Crippen LogP contribution in [0.3, 0.4) is 0 Å². The van der Waals surface area contributed by atoms with Crippen molar-refractivity contribution in [3.8, 4) is 11.8 Å². The lowest BCUT2D eigenvalue weighted by molar-refractivity contribution is -0.138. The maximum absolute atomic E-state index is 11.4. The molecule has 1 saturated heterocycles. The third-order valence-electron chi connectivity index (χ3n) is 2.63. The molecule has 0 aromatic rings. The van der Waals surface area contributed by atoms with Crippen molar-refractivity contribution in [3.63, 3.8) is 0 Å². The summed E-state index contributed by atoms with van der Waals surface area (Å²) in [5, 5.41) is 8.47. The molecule has 0 aromatic heterocycles. The van der Waals surface area contributed by atoms with Gasteiger partial charge in [0.1, 0.15) is 0 Å². The number of carbonyl (C=O) groups excluding carboxylic acids is 1. The summed E-state index contributed by atoms with van der Waals surface area (Å²) in [5.41, 5.74) is 0. The average molecular weight is 239 g/mol. The van der Waals surface area contributed by atoms with E-state index in [1.165, 1.54) is 0 Å². The minimum Gasteiger partial charge on any atom is -0.481 e. The predicted octanol–water partition coefficient (Wildman–Crippen LogP) is 0.492. The Balaban J connectivity index is 2.23. The van der Waals surface area contributed by atoms with E-state index in [1.54, 1.807) is 11.8 Å². The molecule has 0 radical (unpaired) electrons. The van der Waals surface area contributed by atoms with Gasteiger partial charge >= 0.3 is 5.97 Å². The molecule has 0 atom stereocenters. The summed E-state index contributed by atoms with van der Waals surface area (Å²) in [7, 11) is 0. The molecule has 0 saturated carbocycles. The number of carboxylic acids is 1. The van der Waals surface area contributed by atoms with Crippen molar-refractivity contribution in [1.29, 1.82) is 0 Å². The summed E-state index contributed by atoms with van der Waals surface area (Å²) in [5.74, 6) is 4.10. The highest BCUT2D eigenvalue weighted by Crippen LogP contribution is 2.13. The smallest absolute Gasteiger partial charge is 0.305 e. The normalized spacial score (nSPS) is 16.2. The number of nitrogens with zero attached hydrogens (tertiary/aromatic N) is 1. The minimum absolute atomic E-state index is 0.0282. The number of hydrogen-bond acceptors (Lipinski definition) is 3. The van der Waals surface area contributed by atoms with Gasteiger partial charge in [-0.05, 0) is 25.7 Å². The maximum atomic E-state index is 11.4. The molecule has 0 unspecified atom stereocenters. The van der Waals surface area contributed by atoms with Crippen LogP contribution < -0.4 is 0 Å². The van der Waals surface area contributed by atoms with Crippen LogP contribution in [0.15, 0.2) is 0 Å². The van der Waals surface area contributed by atoms with Gasteiger partial charge in [0.25, 0.3) is 5.91 Å². The summed E-state index contributed by atoms with van der Waals surface area (Å²) in [6.07, 6.45) is 1.58. The molecule has 1 aliphatic heterocycles. The Labute approximate surface area is 101 Å². The zero-order valence-electron chi connectivity index (χ0n) is 9.94. The zero-order chi connectivity index (χ0) is 12.7. The quantitative estimate of drug-likeness (QED) is 0.725. The van der Waals surface area contributed by atoms with Crippen molar-refractivity contribution in [3.05, 3.63) is 0 Å². The fourth-order valence-corrected chi connectivity index (χ4v) is 1.72. The zero-order valence-corrected chi connectivity index (χ0v) is 9.94. The van der Waals surface area contributed by atoms with E-state index in [2.05, 4.69) is 11.8 Å². The van der Waals surface area contributed by atoms with Crippen LogP contribution in [-0.2, 0) is 14.3 Å². The van der Waals surface area contributed by atoms with Crippen molar-refractivity contribution in [2.45, 2.75) is 32.3 Å². The first-order chi connectivity index (χ1) is 8.13. The number of carboxylic acid groups (broad SMARTS) is 1. The van der Waals surface area contributed by atoms with Gasteiger partial charge < -0.3 is 14.7 Å². The molecule has 1 rings (SSSR count). The van der Waals surface area contributed by atoms with Crippen molar-refractivity contribution in [2.75, 3.05) is 19.7 Å². The SMILES string of the molecule is CC#CC(=O)N1CCC(OCCC(=O)O)CC1. The summed E-state index contributed by atoms with van der Waals surface area (Å²) in [6, 6.07) is 0. The van der Waals surface area contributed by atoms with Gasteiger partial charge in [-0.3, -0.25) is 9.59 Å². The molecule has 94 valence electrons. The van der Waals surface area contributed by atoms with Crippen LogP contribution in [0.4, 0.5) is 0 Å². The summed E-state index contributed by atoms with van der Waals surface area (Å²) in [6.45, 7) is 3.14. The largest absolute Gasteiger partial charge is 0.481 e. The third-order valence-corrected chi connectivity index (χ3v) is 2.63. The number of amides is 1. The Hall–Kier alpha value is -1.54. The van der Waals surface area contributed by atoms with Crippen molar-refractivity contribution in [2.24, 2.45) is 0 Å². The van der Waals surface area contributed by atoms with E-state index in [-0.39, 0.29) is 25.0 Å². The van der Waals surface area contributed by atoms with Gasteiger partial charge in [0, 0.05) is 13.1 Å². The van der Waals surface area contributed by atoms with Gasteiger partial charge in [-0.1, -0.05) is 5.92 Å². The van der Waals surface area contributed by atoms with E-state index < -0.39 is 5.97 Å². The van der Waals surface area contributed by atoms with Crippen LogP contribution in [0.25, 0.3) is 0 Å². The maximum Gasteiger partial charge on any atom is 0.305 e. The molecule has 1 aliphatic rings. The highest BCUT2D eigenvalue weighted by atomic mass is 16.5. The number of likely N-dealkylation sites (tertiary alicyclic amines) is 1. The molecule has 17 heavy (non-hydrogen) atoms. The van der Waals surface area contributed by atoms with Crippen molar-refractivity contribution < 1.29 is 19.4 Å². The van der Waals surface area contributed by atoms with Gasteiger partial charge in [-0.15, -0.1) is 0 Å². The van der Waals surface area contributed by atoms with Crippen LogP contribution in [-0.4, -0.2) is 47.7 Å². The summed E-state index contributed by atoms with van der Waals surface area (Å²) in [4.78, 5) is 23.5. The van der Waals surface area contributed by atoms with E-state index >= 15 is 0 Å². The van der Waals surface area contributed by atoms with Crippen LogP contribution >= 0.6 is 0 Å². The van der Waals surface area contributed by atoms with E-state index in [0.717, 1.165) is 12.8 Å². The number of carbonyl (C=O) groups is 2. The molecule has 0 bridgehead atoms. The molecule has 5 nitrogen and oxygen atoms in total. The molecule has 5 heteroatoms. The Kier molecular flexibility index (Phi) is 5.50. The lowest BCUT2D eigenvalue weighted by atomic mass is 10.1. The minimum atomic E-state index is -0.851. The first-order valence-electron chi connectivity index (χ1n) is 5.68. The van der Waals surface area contributed by atoms with Crippen molar-refractivity contribution >= 4 is 11.9 Å². The Bertz CT molecular complexity index is 334. The molecule has 0 aliphatic carbocycles. The van der Waals surface area contributed by atoms with Crippen molar-refractivity contribution in [1.82, 2.24) is 4.90 Å². The summed E-state index contributed by atoms with van der Waals surface area (Å²) >= 11 is 0. The van der Waals surface area contributed by atoms with E-state index in [1.807, 2.05) is 0 Å². The Morgan fingerprint density at radius 2 is 2.06 bits per heavy atom. The number of aliphatic carboxylic acids is 1. The van der Waals surface area contributed by atoms with Crippen LogP contribution in [0.5, 0.6) is 0 Å².